The predicted molar refractivity (Wildman–Crippen MR) is 79.2 cm³/mol. The first-order chi connectivity index (χ1) is 10.2. The van der Waals surface area contributed by atoms with Crippen molar-refractivity contribution in [2.24, 2.45) is 11.3 Å². The normalized spacial score (nSPS) is 24.5. The number of rotatable bonds is 1. The highest BCUT2D eigenvalue weighted by molar-refractivity contribution is 6.01. The first-order valence-corrected chi connectivity index (χ1v) is 7.74. The van der Waals surface area contributed by atoms with Gasteiger partial charge in [-0.1, -0.05) is 0 Å². The van der Waals surface area contributed by atoms with Crippen LogP contribution in [0, 0.1) is 11.3 Å². The molecule has 124 valence electrons. The minimum absolute atomic E-state index is 0.0300. The van der Waals surface area contributed by atoms with Crippen molar-refractivity contribution in [3.8, 4) is 0 Å². The highest BCUT2D eigenvalue weighted by atomic mass is 16.6. The molecule has 0 N–H and O–H groups in total. The van der Waals surface area contributed by atoms with Crippen LogP contribution in [-0.2, 0) is 19.1 Å². The Kier molecular flexibility index (Phi) is 4.49. The largest absolute Gasteiger partial charge is 0.468 e. The lowest BCUT2D eigenvalue weighted by atomic mass is 9.76. The van der Waals surface area contributed by atoms with Gasteiger partial charge in [0.05, 0.1) is 7.11 Å². The zero-order valence-electron chi connectivity index (χ0n) is 13.8. The second-order valence-electron chi connectivity index (χ2n) is 7.39. The minimum Gasteiger partial charge on any atom is -0.468 e. The molecule has 6 heteroatoms. The average molecular weight is 311 g/mol. The summed E-state index contributed by atoms with van der Waals surface area (Å²) in [6.07, 6.45) is 2.10. The van der Waals surface area contributed by atoms with Gasteiger partial charge < -0.3 is 14.4 Å². The number of esters is 1. The second kappa shape index (κ2) is 5.89. The number of carbonyl (C=O) groups is 3. The average Bonchev–Trinajstić information content (AvgIpc) is 2.73. The number of ether oxygens (including phenoxy) is 2. The fourth-order valence-corrected chi connectivity index (χ4v) is 3.34. The first kappa shape index (κ1) is 16.8. The van der Waals surface area contributed by atoms with Gasteiger partial charge >= 0.3 is 12.1 Å². The minimum atomic E-state index is -0.627. The van der Waals surface area contributed by atoms with Crippen LogP contribution < -0.4 is 0 Å². The number of hydrogen-bond donors (Lipinski definition) is 0. The third-order valence-electron chi connectivity index (χ3n) is 4.54. The molecule has 6 nitrogen and oxygen atoms in total. The molecular formula is C16H25NO5. The van der Waals surface area contributed by atoms with Crippen molar-refractivity contribution in [3.63, 3.8) is 0 Å². The summed E-state index contributed by atoms with van der Waals surface area (Å²) in [5, 5.41) is 0. The highest BCUT2D eigenvalue weighted by Crippen LogP contribution is 2.47. The number of amides is 1. The topological polar surface area (TPSA) is 72.9 Å². The van der Waals surface area contributed by atoms with E-state index in [1.54, 1.807) is 4.90 Å². The molecule has 0 bridgehead atoms. The van der Waals surface area contributed by atoms with Gasteiger partial charge in [-0.05, 0) is 45.4 Å². The van der Waals surface area contributed by atoms with E-state index in [1.807, 2.05) is 20.8 Å². The molecule has 1 saturated carbocycles. The molecule has 1 heterocycles. The van der Waals surface area contributed by atoms with Gasteiger partial charge in [0, 0.05) is 19.5 Å². The number of piperidine rings is 1. The van der Waals surface area contributed by atoms with Crippen LogP contribution in [0.2, 0.25) is 0 Å². The summed E-state index contributed by atoms with van der Waals surface area (Å²) >= 11 is 0. The lowest BCUT2D eigenvalue weighted by molar-refractivity contribution is -0.148. The van der Waals surface area contributed by atoms with E-state index < -0.39 is 17.5 Å². The number of Topliss-reactive ketones (excluding diaryl/α,β-unsaturated/α-hetero) is 1. The van der Waals surface area contributed by atoms with E-state index in [1.165, 1.54) is 7.11 Å². The molecule has 1 unspecified atom stereocenters. The van der Waals surface area contributed by atoms with Gasteiger partial charge in [-0.25, -0.2) is 4.79 Å². The molecule has 0 radical (unpaired) electrons. The quantitative estimate of drug-likeness (QED) is 0.548. The molecule has 2 aliphatic rings. The number of likely N-dealkylation sites (tertiary alicyclic amines) is 1. The molecule has 1 saturated heterocycles. The maximum absolute atomic E-state index is 12.1. The van der Waals surface area contributed by atoms with Crippen molar-refractivity contribution in [2.75, 3.05) is 20.2 Å². The number of ketones is 1. The lowest BCUT2D eigenvalue weighted by Crippen LogP contribution is -2.44. The third-order valence-corrected chi connectivity index (χ3v) is 4.54. The van der Waals surface area contributed by atoms with E-state index in [4.69, 9.17) is 9.47 Å². The third kappa shape index (κ3) is 3.59. The fourth-order valence-electron chi connectivity index (χ4n) is 3.34. The van der Waals surface area contributed by atoms with Gasteiger partial charge in [-0.3, -0.25) is 9.59 Å². The molecule has 1 atom stereocenters. The smallest absolute Gasteiger partial charge is 0.410 e. The Hall–Kier alpha value is -1.59. The Morgan fingerprint density at radius 3 is 2.32 bits per heavy atom. The second-order valence-corrected chi connectivity index (χ2v) is 7.39. The van der Waals surface area contributed by atoms with Crippen LogP contribution in [0.1, 0.15) is 46.5 Å². The summed E-state index contributed by atoms with van der Waals surface area (Å²) in [5.74, 6) is -1.09. The number of carbonyl (C=O) groups excluding carboxylic acids is 3. The molecule has 0 aromatic rings. The van der Waals surface area contributed by atoms with E-state index in [2.05, 4.69) is 0 Å². The van der Waals surface area contributed by atoms with Gasteiger partial charge in [0.1, 0.15) is 17.3 Å². The molecule has 0 aromatic heterocycles. The van der Waals surface area contributed by atoms with Gasteiger partial charge in [0.25, 0.3) is 0 Å². The van der Waals surface area contributed by atoms with Gasteiger partial charge in [0.2, 0.25) is 0 Å². The lowest BCUT2D eigenvalue weighted by Gasteiger charge is -2.39. The van der Waals surface area contributed by atoms with E-state index in [0.29, 0.717) is 25.9 Å². The Balaban J connectivity index is 1.94. The van der Waals surface area contributed by atoms with Crippen LogP contribution in [0.15, 0.2) is 0 Å². The fraction of sp³-hybridized carbons (Fsp3) is 0.812. The summed E-state index contributed by atoms with van der Waals surface area (Å²) in [7, 11) is 1.31. The molecule has 0 aromatic carbocycles. The summed E-state index contributed by atoms with van der Waals surface area (Å²) in [6.45, 7) is 6.65. The van der Waals surface area contributed by atoms with Gasteiger partial charge in [0.15, 0.2) is 0 Å². The molecule has 1 amide bonds. The maximum atomic E-state index is 12.1. The summed E-state index contributed by atoms with van der Waals surface area (Å²) < 4.78 is 10.1. The predicted octanol–water partition coefficient (Wildman–Crippen LogP) is 2.16. The van der Waals surface area contributed by atoms with E-state index in [9.17, 15) is 14.4 Å². The van der Waals surface area contributed by atoms with Crippen molar-refractivity contribution < 1.29 is 23.9 Å². The Labute approximate surface area is 131 Å². The van der Waals surface area contributed by atoms with E-state index in [-0.39, 0.29) is 17.3 Å². The van der Waals surface area contributed by atoms with Crippen LogP contribution in [0.3, 0.4) is 0 Å². The number of methoxy groups -OCH3 is 1. The Morgan fingerprint density at radius 2 is 1.82 bits per heavy atom. The summed E-state index contributed by atoms with van der Waals surface area (Å²) in [5.41, 5.74) is -0.667. The van der Waals surface area contributed by atoms with E-state index in [0.717, 1.165) is 12.8 Å². The van der Waals surface area contributed by atoms with Crippen LogP contribution in [0.4, 0.5) is 4.79 Å². The molecule has 2 rings (SSSR count). The molecule has 1 aliphatic heterocycles. The zero-order valence-corrected chi connectivity index (χ0v) is 13.8. The van der Waals surface area contributed by atoms with Crippen molar-refractivity contribution in [1.82, 2.24) is 4.90 Å². The van der Waals surface area contributed by atoms with Crippen molar-refractivity contribution in [2.45, 2.75) is 52.1 Å². The molecule has 22 heavy (non-hydrogen) atoms. The Bertz CT molecular complexity index is 471. The molecule has 2 fully saturated rings. The standard InChI is InChI=1S/C16H25NO5/c1-15(2,3)22-14(20)17-7-5-16(6-8-17)9-11(12(18)10-16)13(19)21-4/h11H,5-10H2,1-4H3. The number of hydrogen-bond acceptors (Lipinski definition) is 5. The van der Waals surface area contributed by atoms with Crippen LogP contribution >= 0.6 is 0 Å². The first-order valence-electron chi connectivity index (χ1n) is 7.74. The monoisotopic (exact) mass is 311 g/mol. The van der Waals surface area contributed by atoms with Crippen LogP contribution in [0.5, 0.6) is 0 Å². The summed E-state index contributed by atoms with van der Waals surface area (Å²) in [6, 6.07) is 0. The zero-order chi connectivity index (χ0) is 16.5. The SMILES string of the molecule is COC(=O)C1CC2(CCN(C(=O)OC(C)(C)C)CC2)CC1=O. The van der Waals surface area contributed by atoms with Crippen molar-refractivity contribution in [1.29, 1.82) is 0 Å². The Morgan fingerprint density at radius 1 is 1.23 bits per heavy atom. The molecule has 1 aliphatic carbocycles. The highest BCUT2D eigenvalue weighted by Gasteiger charge is 2.49. The molecule has 1 spiro atoms. The maximum Gasteiger partial charge on any atom is 0.410 e. The number of nitrogens with zero attached hydrogens (tertiary/aromatic N) is 1. The van der Waals surface area contributed by atoms with E-state index >= 15 is 0 Å². The summed E-state index contributed by atoms with van der Waals surface area (Å²) in [4.78, 5) is 37.4. The van der Waals surface area contributed by atoms with Crippen LogP contribution in [-0.4, -0.2) is 48.5 Å². The van der Waals surface area contributed by atoms with Crippen LogP contribution in [0.25, 0.3) is 0 Å². The van der Waals surface area contributed by atoms with Crippen molar-refractivity contribution >= 4 is 17.8 Å². The molecular weight excluding hydrogens is 286 g/mol. The van der Waals surface area contributed by atoms with Crippen molar-refractivity contribution in [3.05, 3.63) is 0 Å². The van der Waals surface area contributed by atoms with Gasteiger partial charge in [-0.2, -0.15) is 0 Å². The van der Waals surface area contributed by atoms with Gasteiger partial charge in [-0.15, -0.1) is 0 Å².